The summed E-state index contributed by atoms with van der Waals surface area (Å²) in [6, 6.07) is 16.5. The first-order valence-corrected chi connectivity index (χ1v) is 6.50. The molecule has 3 aromatic rings. The largest absolute Gasteiger partial charge is 0.356 e. The molecule has 0 amide bonds. The van der Waals surface area contributed by atoms with Crippen molar-refractivity contribution in [2.24, 2.45) is 0 Å². The number of hydrogen-bond donors (Lipinski definition) is 0. The lowest BCUT2D eigenvalue weighted by atomic mass is 10.1. The maximum absolute atomic E-state index is 5.31. The van der Waals surface area contributed by atoms with Gasteiger partial charge in [-0.25, -0.2) is 0 Å². The molecule has 2 nitrogen and oxygen atoms in total. The second kappa shape index (κ2) is 4.34. The molecular weight excluding hydrogens is 278 g/mol. The van der Waals surface area contributed by atoms with Crippen LogP contribution in [0.5, 0.6) is 0 Å². The van der Waals surface area contributed by atoms with Gasteiger partial charge in [-0.05, 0) is 16.8 Å². The molecular formula is C14H10BrNO. The molecule has 3 rings (SSSR count). The van der Waals surface area contributed by atoms with Gasteiger partial charge < -0.3 is 4.52 Å². The van der Waals surface area contributed by atoms with Crippen molar-refractivity contribution in [1.82, 2.24) is 5.16 Å². The first-order chi connectivity index (χ1) is 8.36. The SMILES string of the molecule is BrCc1cc(-c2ccc3ccccc3c2)on1. The van der Waals surface area contributed by atoms with E-state index in [0.29, 0.717) is 5.33 Å². The van der Waals surface area contributed by atoms with Crippen LogP contribution < -0.4 is 0 Å². The summed E-state index contributed by atoms with van der Waals surface area (Å²) < 4.78 is 5.31. The van der Waals surface area contributed by atoms with Crippen LogP contribution in [0.1, 0.15) is 5.69 Å². The van der Waals surface area contributed by atoms with E-state index in [1.54, 1.807) is 0 Å². The summed E-state index contributed by atoms with van der Waals surface area (Å²) in [6.45, 7) is 0. The van der Waals surface area contributed by atoms with Gasteiger partial charge >= 0.3 is 0 Å². The van der Waals surface area contributed by atoms with Crippen molar-refractivity contribution in [2.45, 2.75) is 5.33 Å². The molecule has 0 aliphatic rings. The second-order valence-electron chi connectivity index (χ2n) is 3.88. The molecule has 0 aliphatic heterocycles. The van der Waals surface area contributed by atoms with Crippen LogP contribution in [0.25, 0.3) is 22.1 Å². The maximum atomic E-state index is 5.31. The van der Waals surface area contributed by atoms with Gasteiger partial charge in [-0.1, -0.05) is 57.5 Å². The lowest BCUT2D eigenvalue weighted by Gasteiger charge is -1.99. The van der Waals surface area contributed by atoms with Gasteiger partial charge in [-0.3, -0.25) is 0 Å². The topological polar surface area (TPSA) is 26.0 Å². The Labute approximate surface area is 107 Å². The van der Waals surface area contributed by atoms with Crippen molar-refractivity contribution in [2.75, 3.05) is 0 Å². The van der Waals surface area contributed by atoms with Crippen molar-refractivity contribution in [3.63, 3.8) is 0 Å². The van der Waals surface area contributed by atoms with Crippen LogP contribution in [-0.2, 0) is 5.33 Å². The summed E-state index contributed by atoms with van der Waals surface area (Å²) in [6.07, 6.45) is 0. The smallest absolute Gasteiger partial charge is 0.167 e. The summed E-state index contributed by atoms with van der Waals surface area (Å²) in [5.74, 6) is 0.810. The molecule has 0 saturated carbocycles. The van der Waals surface area contributed by atoms with Crippen LogP contribution in [0.2, 0.25) is 0 Å². The third-order valence-corrected chi connectivity index (χ3v) is 3.30. The van der Waals surface area contributed by atoms with Gasteiger partial charge in [0.05, 0.1) is 5.69 Å². The Morgan fingerprint density at radius 1 is 1.00 bits per heavy atom. The zero-order chi connectivity index (χ0) is 11.7. The molecule has 0 fully saturated rings. The number of benzene rings is 2. The highest BCUT2D eigenvalue weighted by Crippen LogP contribution is 2.25. The summed E-state index contributed by atoms with van der Waals surface area (Å²) in [5.41, 5.74) is 1.97. The Balaban J connectivity index is 2.11. The quantitative estimate of drug-likeness (QED) is 0.654. The van der Waals surface area contributed by atoms with E-state index >= 15 is 0 Å². The fourth-order valence-electron chi connectivity index (χ4n) is 1.85. The maximum Gasteiger partial charge on any atom is 0.167 e. The third-order valence-electron chi connectivity index (χ3n) is 2.73. The van der Waals surface area contributed by atoms with Crippen LogP contribution in [0.3, 0.4) is 0 Å². The number of fused-ring (bicyclic) bond motifs is 1. The Kier molecular flexibility index (Phi) is 2.69. The summed E-state index contributed by atoms with van der Waals surface area (Å²) in [4.78, 5) is 0. The molecule has 0 aliphatic carbocycles. The number of nitrogens with zero attached hydrogens (tertiary/aromatic N) is 1. The van der Waals surface area contributed by atoms with Crippen LogP contribution in [0.15, 0.2) is 53.1 Å². The minimum Gasteiger partial charge on any atom is -0.356 e. The number of hydrogen-bond acceptors (Lipinski definition) is 2. The number of aromatic nitrogens is 1. The van der Waals surface area contributed by atoms with Gasteiger partial charge in [0.1, 0.15) is 0 Å². The van der Waals surface area contributed by atoms with E-state index in [2.05, 4.69) is 51.4 Å². The first kappa shape index (κ1) is 10.5. The van der Waals surface area contributed by atoms with E-state index in [9.17, 15) is 0 Å². The summed E-state index contributed by atoms with van der Waals surface area (Å²) in [7, 11) is 0. The number of halogens is 1. The predicted molar refractivity (Wildman–Crippen MR) is 72.1 cm³/mol. The van der Waals surface area contributed by atoms with Crippen LogP contribution in [0, 0.1) is 0 Å². The Morgan fingerprint density at radius 3 is 2.59 bits per heavy atom. The lowest BCUT2D eigenvalue weighted by Crippen LogP contribution is -1.76. The van der Waals surface area contributed by atoms with E-state index in [0.717, 1.165) is 17.0 Å². The van der Waals surface area contributed by atoms with Crippen molar-refractivity contribution >= 4 is 26.7 Å². The first-order valence-electron chi connectivity index (χ1n) is 5.37. The molecule has 0 saturated heterocycles. The van der Waals surface area contributed by atoms with Gasteiger partial charge in [0.25, 0.3) is 0 Å². The van der Waals surface area contributed by atoms with Crippen LogP contribution in [-0.4, -0.2) is 5.16 Å². The average molecular weight is 288 g/mol. The predicted octanol–water partition coefficient (Wildman–Crippen LogP) is 4.39. The molecule has 0 spiro atoms. The van der Waals surface area contributed by atoms with Gasteiger partial charge in [0.2, 0.25) is 0 Å². The zero-order valence-corrected chi connectivity index (χ0v) is 10.6. The summed E-state index contributed by atoms with van der Waals surface area (Å²) >= 11 is 3.36. The minimum atomic E-state index is 0.712. The second-order valence-corrected chi connectivity index (χ2v) is 4.44. The van der Waals surface area contributed by atoms with Crippen molar-refractivity contribution in [1.29, 1.82) is 0 Å². The zero-order valence-electron chi connectivity index (χ0n) is 9.06. The molecule has 2 aromatic carbocycles. The molecule has 1 heterocycles. The van der Waals surface area contributed by atoms with Crippen molar-refractivity contribution < 1.29 is 4.52 Å². The number of rotatable bonds is 2. The highest BCUT2D eigenvalue weighted by Gasteiger charge is 2.06. The number of alkyl halides is 1. The molecule has 17 heavy (non-hydrogen) atoms. The Morgan fingerprint density at radius 2 is 1.82 bits per heavy atom. The van der Waals surface area contributed by atoms with Gasteiger partial charge in [-0.15, -0.1) is 0 Å². The van der Waals surface area contributed by atoms with Crippen LogP contribution >= 0.6 is 15.9 Å². The highest BCUT2D eigenvalue weighted by atomic mass is 79.9. The van der Waals surface area contributed by atoms with E-state index in [1.807, 2.05) is 18.2 Å². The molecule has 0 N–H and O–H groups in total. The monoisotopic (exact) mass is 287 g/mol. The average Bonchev–Trinajstić information content (AvgIpc) is 2.87. The third kappa shape index (κ3) is 1.98. The van der Waals surface area contributed by atoms with E-state index in [4.69, 9.17) is 4.52 Å². The molecule has 0 radical (unpaired) electrons. The van der Waals surface area contributed by atoms with Crippen LogP contribution in [0.4, 0.5) is 0 Å². The molecule has 1 aromatic heterocycles. The van der Waals surface area contributed by atoms with E-state index in [-0.39, 0.29) is 0 Å². The van der Waals surface area contributed by atoms with Gasteiger partial charge in [0, 0.05) is 17.0 Å². The molecule has 84 valence electrons. The van der Waals surface area contributed by atoms with E-state index in [1.165, 1.54) is 10.8 Å². The molecule has 3 heteroatoms. The van der Waals surface area contributed by atoms with Gasteiger partial charge in [0.15, 0.2) is 5.76 Å². The Bertz CT molecular complexity index is 660. The Hall–Kier alpha value is -1.61. The van der Waals surface area contributed by atoms with E-state index < -0.39 is 0 Å². The highest BCUT2D eigenvalue weighted by molar-refractivity contribution is 9.08. The van der Waals surface area contributed by atoms with Crippen molar-refractivity contribution in [3.8, 4) is 11.3 Å². The lowest BCUT2D eigenvalue weighted by molar-refractivity contribution is 0.426. The molecule has 0 unspecified atom stereocenters. The summed E-state index contributed by atoms with van der Waals surface area (Å²) in [5, 5.41) is 7.12. The minimum absolute atomic E-state index is 0.712. The molecule has 0 bridgehead atoms. The fourth-order valence-corrected chi connectivity index (χ4v) is 2.12. The standard InChI is InChI=1S/C14H10BrNO/c15-9-13-8-14(17-16-13)12-6-5-10-3-1-2-4-11(10)7-12/h1-8H,9H2. The molecule has 0 atom stereocenters. The van der Waals surface area contributed by atoms with Crippen molar-refractivity contribution in [3.05, 3.63) is 54.2 Å². The normalized spacial score (nSPS) is 10.9. The van der Waals surface area contributed by atoms with Gasteiger partial charge in [-0.2, -0.15) is 0 Å². The fraction of sp³-hybridized carbons (Fsp3) is 0.0714.